The van der Waals surface area contributed by atoms with Gasteiger partial charge < -0.3 is 9.13 Å². The molecule has 3 aromatic heterocycles. The van der Waals surface area contributed by atoms with Crippen LogP contribution in [-0.2, 0) is 14.1 Å². The monoisotopic (exact) mass is 339 g/mol. The van der Waals surface area contributed by atoms with E-state index in [2.05, 4.69) is 32.3 Å². The Morgan fingerprint density at radius 2 is 1.23 bits per heavy atom. The summed E-state index contributed by atoms with van der Waals surface area (Å²) in [4.78, 5) is 14.3. The number of nitrogens with zero attached hydrogens (tertiary/aromatic N) is 5. The van der Waals surface area contributed by atoms with Crippen molar-refractivity contribution < 1.29 is 0 Å². The normalized spacial score (nSPS) is 11.5. The standard InChI is InChI=1S/C21H17N5/c1-25-17-11-5-3-9-15(17)23-20(25)14-8-7-13-22-19(14)21-24-16-10-4-6-12-18(16)26(21)2/h3-13H,1-2H3. The largest absolute Gasteiger partial charge is 0.327 e. The van der Waals surface area contributed by atoms with E-state index in [-0.39, 0.29) is 0 Å². The number of aryl methyl sites for hydroxylation is 2. The molecule has 0 amide bonds. The third-order valence-corrected chi connectivity index (χ3v) is 4.83. The Labute approximate surface area is 150 Å². The number of para-hydroxylation sites is 4. The summed E-state index contributed by atoms with van der Waals surface area (Å²) in [5.74, 6) is 1.73. The van der Waals surface area contributed by atoms with Crippen molar-refractivity contribution in [3.05, 3.63) is 66.9 Å². The van der Waals surface area contributed by atoms with E-state index in [0.717, 1.165) is 45.0 Å². The van der Waals surface area contributed by atoms with E-state index in [4.69, 9.17) is 9.97 Å². The van der Waals surface area contributed by atoms with Crippen molar-refractivity contribution in [2.24, 2.45) is 14.1 Å². The molecule has 0 N–H and O–H groups in total. The van der Waals surface area contributed by atoms with Crippen LogP contribution < -0.4 is 0 Å². The molecule has 0 radical (unpaired) electrons. The lowest BCUT2D eigenvalue weighted by Crippen LogP contribution is -2.00. The number of rotatable bonds is 2. The third kappa shape index (κ3) is 2.07. The zero-order valence-corrected chi connectivity index (χ0v) is 14.6. The Morgan fingerprint density at radius 3 is 1.88 bits per heavy atom. The molecule has 0 bridgehead atoms. The van der Waals surface area contributed by atoms with Crippen LogP contribution in [0.1, 0.15) is 0 Å². The first kappa shape index (κ1) is 14.8. The molecular weight excluding hydrogens is 322 g/mol. The second-order valence-electron chi connectivity index (χ2n) is 6.37. The van der Waals surface area contributed by atoms with Crippen LogP contribution in [-0.4, -0.2) is 24.1 Å². The molecule has 126 valence electrons. The summed E-state index contributed by atoms with van der Waals surface area (Å²) in [6, 6.07) is 20.3. The number of hydrogen-bond acceptors (Lipinski definition) is 3. The number of imidazole rings is 2. The van der Waals surface area contributed by atoms with Gasteiger partial charge in [0.05, 0.1) is 22.1 Å². The highest BCUT2D eigenvalue weighted by atomic mass is 15.1. The highest BCUT2D eigenvalue weighted by molar-refractivity contribution is 5.86. The van der Waals surface area contributed by atoms with E-state index in [1.54, 1.807) is 6.20 Å². The average molecular weight is 339 g/mol. The molecule has 5 nitrogen and oxygen atoms in total. The number of benzene rings is 2. The first-order valence-electron chi connectivity index (χ1n) is 8.53. The summed E-state index contributed by atoms with van der Waals surface area (Å²) in [7, 11) is 4.06. The van der Waals surface area contributed by atoms with Crippen LogP contribution >= 0.6 is 0 Å². The Hall–Kier alpha value is -3.47. The number of aromatic nitrogens is 5. The van der Waals surface area contributed by atoms with Crippen LogP contribution in [0.25, 0.3) is 45.0 Å². The van der Waals surface area contributed by atoms with Gasteiger partial charge in [-0.25, -0.2) is 9.97 Å². The molecule has 0 saturated heterocycles. The Bertz CT molecular complexity index is 1160. The third-order valence-electron chi connectivity index (χ3n) is 4.83. The summed E-state index contributed by atoms with van der Waals surface area (Å²) < 4.78 is 4.20. The van der Waals surface area contributed by atoms with E-state index in [0.29, 0.717) is 0 Å². The molecule has 0 aliphatic heterocycles. The predicted octanol–water partition coefficient (Wildman–Crippen LogP) is 4.19. The molecule has 0 aliphatic rings. The zero-order valence-electron chi connectivity index (χ0n) is 14.6. The number of hydrogen-bond donors (Lipinski definition) is 0. The van der Waals surface area contributed by atoms with Gasteiger partial charge in [0.15, 0.2) is 5.82 Å². The van der Waals surface area contributed by atoms with Gasteiger partial charge in [0, 0.05) is 25.9 Å². The van der Waals surface area contributed by atoms with Gasteiger partial charge in [-0.15, -0.1) is 0 Å². The van der Waals surface area contributed by atoms with Crippen molar-refractivity contribution >= 4 is 22.1 Å². The molecule has 0 aliphatic carbocycles. The summed E-state index contributed by atoms with van der Waals surface area (Å²) in [6.07, 6.45) is 1.81. The smallest absolute Gasteiger partial charge is 0.160 e. The second-order valence-corrected chi connectivity index (χ2v) is 6.37. The fraction of sp³-hybridized carbons (Fsp3) is 0.0952. The summed E-state index contributed by atoms with van der Waals surface area (Å²) in [6.45, 7) is 0. The minimum atomic E-state index is 0.838. The summed E-state index contributed by atoms with van der Waals surface area (Å²) in [5.41, 5.74) is 5.94. The maximum Gasteiger partial charge on any atom is 0.160 e. The van der Waals surface area contributed by atoms with Gasteiger partial charge in [0.25, 0.3) is 0 Å². The van der Waals surface area contributed by atoms with Crippen LogP contribution in [0.3, 0.4) is 0 Å². The van der Waals surface area contributed by atoms with Gasteiger partial charge in [0.2, 0.25) is 0 Å². The molecule has 0 saturated carbocycles. The van der Waals surface area contributed by atoms with E-state index >= 15 is 0 Å². The van der Waals surface area contributed by atoms with Crippen LogP contribution in [0.5, 0.6) is 0 Å². The molecule has 0 unspecified atom stereocenters. The van der Waals surface area contributed by atoms with Crippen molar-refractivity contribution in [3.63, 3.8) is 0 Å². The first-order chi connectivity index (χ1) is 12.7. The fourth-order valence-electron chi connectivity index (χ4n) is 3.51. The van der Waals surface area contributed by atoms with Crippen molar-refractivity contribution in [3.8, 4) is 22.9 Å². The Balaban J connectivity index is 1.79. The molecule has 26 heavy (non-hydrogen) atoms. The molecule has 5 rings (SSSR count). The van der Waals surface area contributed by atoms with E-state index in [1.165, 1.54) is 0 Å². The number of pyridine rings is 1. The molecule has 5 heteroatoms. The highest BCUT2D eigenvalue weighted by Crippen LogP contribution is 2.32. The molecule has 0 spiro atoms. The second kappa shape index (κ2) is 5.52. The summed E-state index contributed by atoms with van der Waals surface area (Å²) >= 11 is 0. The maximum absolute atomic E-state index is 4.84. The van der Waals surface area contributed by atoms with Crippen molar-refractivity contribution in [2.75, 3.05) is 0 Å². The van der Waals surface area contributed by atoms with Gasteiger partial charge in [-0.1, -0.05) is 24.3 Å². The Morgan fingerprint density at radius 1 is 0.654 bits per heavy atom. The van der Waals surface area contributed by atoms with Gasteiger partial charge in [-0.2, -0.15) is 0 Å². The van der Waals surface area contributed by atoms with Crippen molar-refractivity contribution in [1.29, 1.82) is 0 Å². The van der Waals surface area contributed by atoms with Gasteiger partial charge >= 0.3 is 0 Å². The molecule has 5 aromatic rings. The van der Waals surface area contributed by atoms with Crippen molar-refractivity contribution in [1.82, 2.24) is 24.1 Å². The fourth-order valence-corrected chi connectivity index (χ4v) is 3.51. The lowest BCUT2D eigenvalue weighted by molar-refractivity contribution is 0.939. The van der Waals surface area contributed by atoms with E-state index in [9.17, 15) is 0 Å². The van der Waals surface area contributed by atoms with Gasteiger partial charge in [0.1, 0.15) is 11.5 Å². The zero-order chi connectivity index (χ0) is 17.7. The van der Waals surface area contributed by atoms with Crippen LogP contribution in [0, 0.1) is 0 Å². The molecule has 2 aromatic carbocycles. The highest BCUT2D eigenvalue weighted by Gasteiger charge is 2.19. The quantitative estimate of drug-likeness (QED) is 0.484. The van der Waals surface area contributed by atoms with Crippen LogP contribution in [0.2, 0.25) is 0 Å². The molecule has 0 fully saturated rings. The van der Waals surface area contributed by atoms with Gasteiger partial charge in [-0.05, 0) is 36.4 Å². The average Bonchev–Trinajstić information content (AvgIpc) is 3.20. The maximum atomic E-state index is 4.84. The molecular formula is C21H17N5. The molecule has 0 atom stereocenters. The van der Waals surface area contributed by atoms with Crippen molar-refractivity contribution in [2.45, 2.75) is 0 Å². The minimum absolute atomic E-state index is 0.838. The first-order valence-corrected chi connectivity index (χ1v) is 8.53. The Kier molecular flexibility index (Phi) is 3.15. The molecule has 3 heterocycles. The van der Waals surface area contributed by atoms with E-state index < -0.39 is 0 Å². The SMILES string of the molecule is Cn1c(-c2cccnc2-c2nc3ccccc3n2C)nc2ccccc21. The lowest BCUT2D eigenvalue weighted by atomic mass is 10.1. The van der Waals surface area contributed by atoms with Gasteiger partial charge in [-0.3, -0.25) is 4.98 Å². The van der Waals surface area contributed by atoms with Crippen LogP contribution in [0.4, 0.5) is 0 Å². The lowest BCUT2D eigenvalue weighted by Gasteiger charge is -2.09. The van der Waals surface area contributed by atoms with E-state index in [1.807, 2.05) is 56.6 Å². The number of fused-ring (bicyclic) bond motifs is 2. The summed E-state index contributed by atoms with van der Waals surface area (Å²) in [5, 5.41) is 0. The van der Waals surface area contributed by atoms with Crippen LogP contribution in [0.15, 0.2) is 66.9 Å². The topological polar surface area (TPSA) is 48.5 Å². The predicted molar refractivity (Wildman–Crippen MR) is 104 cm³/mol. The minimum Gasteiger partial charge on any atom is -0.327 e.